The number of nitrogens with zero attached hydrogens (tertiary/aromatic N) is 2. The van der Waals surface area contributed by atoms with Crippen LogP contribution in [0.4, 0.5) is 0 Å². The Morgan fingerprint density at radius 2 is 2.31 bits per heavy atom. The maximum atomic E-state index is 7.31. The van der Waals surface area contributed by atoms with E-state index in [0.717, 1.165) is 18.8 Å². The molecule has 0 aliphatic carbocycles. The van der Waals surface area contributed by atoms with Crippen molar-refractivity contribution in [3.05, 3.63) is 30.1 Å². The van der Waals surface area contributed by atoms with Crippen LogP contribution in [0.15, 0.2) is 24.4 Å². The average molecular weight is 220 g/mol. The lowest BCUT2D eigenvalue weighted by Crippen LogP contribution is -2.35. The van der Waals surface area contributed by atoms with Crippen LogP contribution < -0.4 is 5.73 Å². The molecule has 1 rings (SSSR count). The molecule has 0 saturated carbocycles. The van der Waals surface area contributed by atoms with Gasteiger partial charge < -0.3 is 5.73 Å². The fourth-order valence-electron chi connectivity index (χ4n) is 1.73. The molecule has 0 bridgehead atoms. The normalized spacial score (nSPS) is 12.7. The van der Waals surface area contributed by atoms with Crippen LogP contribution in [0.5, 0.6) is 0 Å². The summed E-state index contributed by atoms with van der Waals surface area (Å²) in [6, 6.07) is 6.21. The van der Waals surface area contributed by atoms with Gasteiger partial charge in [0, 0.05) is 25.2 Å². The zero-order chi connectivity index (χ0) is 12.0. The number of nitrogens with one attached hydrogen (secondary N) is 1. The van der Waals surface area contributed by atoms with Crippen molar-refractivity contribution >= 4 is 5.84 Å². The molecule has 1 aromatic heterocycles. The van der Waals surface area contributed by atoms with Crippen LogP contribution >= 0.6 is 0 Å². The molecule has 4 heteroatoms. The molecule has 0 aliphatic rings. The van der Waals surface area contributed by atoms with E-state index in [9.17, 15) is 0 Å². The van der Waals surface area contributed by atoms with Gasteiger partial charge in [-0.1, -0.05) is 13.0 Å². The summed E-state index contributed by atoms with van der Waals surface area (Å²) in [6.07, 6.45) is 2.42. The number of aromatic nitrogens is 1. The molecule has 1 heterocycles. The first-order valence-electron chi connectivity index (χ1n) is 5.60. The predicted molar refractivity (Wildman–Crippen MR) is 66.3 cm³/mol. The number of hydrogen-bond acceptors (Lipinski definition) is 3. The first-order valence-corrected chi connectivity index (χ1v) is 5.60. The average Bonchev–Trinajstić information content (AvgIpc) is 2.26. The highest BCUT2D eigenvalue weighted by molar-refractivity contribution is 5.77. The monoisotopic (exact) mass is 220 g/mol. The molecule has 0 aromatic carbocycles. The summed E-state index contributed by atoms with van der Waals surface area (Å²) in [5.74, 6) is 0.243. The molecular formula is C12H20N4. The van der Waals surface area contributed by atoms with Crippen molar-refractivity contribution in [2.75, 3.05) is 6.54 Å². The fourth-order valence-corrected chi connectivity index (χ4v) is 1.73. The Balaban J connectivity index is 2.58. The summed E-state index contributed by atoms with van der Waals surface area (Å²) in [6.45, 7) is 5.95. The molecule has 3 N–H and O–H groups in total. The molecule has 1 unspecified atom stereocenters. The van der Waals surface area contributed by atoms with Crippen LogP contribution in [-0.4, -0.2) is 28.3 Å². The molecule has 0 aliphatic heterocycles. The van der Waals surface area contributed by atoms with Crippen molar-refractivity contribution < 1.29 is 0 Å². The molecule has 1 aromatic rings. The van der Waals surface area contributed by atoms with E-state index >= 15 is 0 Å². The molecule has 0 saturated heterocycles. The van der Waals surface area contributed by atoms with E-state index in [0.29, 0.717) is 6.42 Å². The van der Waals surface area contributed by atoms with E-state index in [1.807, 2.05) is 18.2 Å². The Labute approximate surface area is 97.0 Å². The van der Waals surface area contributed by atoms with Crippen LogP contribution in [-0.2, 0) is 6.54 Å². The lowest BCUT2D eigenvalue weighted by molar-refractivity contribution is 0.212. The number of nitrogens with two attached hydrogens (primary N) is 1. The van der Waals surface area contributed by atoms with Crippen molar-refractivity contribution in [3.63, 3.8) is 0 Å². The molecular weight excluding hydrogens is 200 g/mol. The van der Waals surface area contributed by atoms with Gasteiger partial charge in [-0.25, -0.2) is 0 Å². The Hall–Kier alpha value is -1.42. The van der Waals surface area contributed by atoms with Crippen LogP contribution in [0.1, 0.15) is 26.0 Å². The Bertz CT molecular complexity index is 323. The second-order valence-electron chi connectivity index (χ2n) is 3.96. The van der Waals surface area contributed by atoms with E-state index in [4.69, 9.17) is 11.1 Å². The molecule has 0 amide bonds. The van der Waals surface area contributed by atoms with Crippen LogP contribution in [0, 0.1) is 5.41 Å². The fraction of sp³-hybridized carbons (Fsp3) is 0.500. The minimum atomic E-state index is 0.243. The third-order valence-electron chi connectivity index (χ3n) is 2.64. The van der Waals surface area contributed by atoms with Gasteiger partial charge >= 0.3 is 0 Å². The standard InChI is InChI=1S/C12H20N4/c1-3-16(10(2)8-12(13)14)9-11-6-4-5-7-15-11/h4-7,10H,3,8-9H2,1-2H3,(H3,13,14). The van der Waals surface area contributed by atoms with Gasteiger partial charge in [-0.2, -0.15) is 0 Å². The molecule has 16 heavy (non-hydrogen) atoms. The van der Waals surface area contributed by atoms with E-state index in [1.54, 1.807) is 6.20 Å². The van der Waals surface area contributed by atoms with Gasteiger partial charge in [-0.05, 0) is 25.6 Å². The van der Waals surface area contributed by atoms with Gasteiger partial charge in [0.05, 0.1) is 11.5 Å². The number of hydrogen-bond donors (Lipinski definition) is 2. The Morgan fingerprint density at radius 1 is 1.56 bits per heavy atom. The third kappa shape index (κ3) is 3.98. The Kier molecular flexibility index (Phi) is 4.92. The van der Waals surface area contributed by atoms with E-state index in [-0.39, 0.29) is 11.9 Å². The lowest BCUT2D eigenvalue weighted by atomic mass is 10.2. The summed E-state index contributed by atoms with van der Waals surface area (Å²) in [5.41, 5.74) is 6.48. The van der Waals surface area contributed by atoms with Gasteiger partial charge in [-0.15, -0.1) is 0 Å². The highest BCUT2D eigenvalue weighted by Gasteiger charge is 2.13. The van der Waals surface area contributed by atoms with Crippen LogP contribution in [0.25, 0.3) is 0 Å². The molecule has 0 fully saturated rings. The first-order chi connectivity index (χ1) is 7.63. The number of rotatable bonds is 6. The summed E-state index contributed by atoms with van der Waals surface area (Å²) in [5, 5.41) is 7.31. The van der Waals surface area contributed by atoms with Crippen molar-refractivity contribution in [2.24, 2.45) is 5.73 Å². The highest BCUT2D eigenvalue weighted by atomic mass is 15.2. The molecule has 1 atom stereocenters. The molecule has 4 nitrogen and oxygen atoms in total. The molecule has 0 spiro atoms. The van der Waals surface area contributed by atoms with E-state index in [2.05, 4.69) is 23.7 Å². The number of amidine groups is 1. The first kappa shape index (κ1) is 12.6. The maximum Gasteiger partial charge on any atom is 0.0920 e. The quantitative estimate of drug-likeness (QED) is 0.565. The minimum Gasteiger partial charge on any atom is -0.388 e. The van der Waals surface area contributed by atoms with Crippen molar-refractivity contribution in [1.29, 1.82) is 5.41 Å². The van der Waals surface area contributed by atoms with E-state index < -0.39 is 0 Å². The second kappa shape index (κ2) is 6.23. The van der Waals surface area contributed by atoms with E-state index in [1.165, 1.54) is 0 Å². The molecule has 0 radical (unpaired) electrons. The van der Waals surface area contributed by atoms with Gasteiger partial charge in [-0.3, -0.25) is 15.3 Å². The number of pyridine rings is 1. The summed E-state index contributed by atoms with van der Waals surface area (Å²) in [4.78, 5) is 6.57. The maximum absolute atomic E-state index is 7.31. The van der Waals surface area contributed by atoms with Gasteiger partial charge in [0.1, 0.15) is 0 Å². The SMILES string of the molecule is CCN(Cc1ccccn1)C(C)CC(=N)N. The van der Waals surface area contributed by atoms with Crippen LogP contribution in [0.2, 0.25) is 0 Å². The van der Waals surface area contributed by atoms with Gasteiger partial charge in [0.2, 0.25) is 0 Å². The summed E-state index contributed by atoms with van der Waals surface area (Å²) in [7, 11) is 0. The summed E-state index contributed by atoms with van der Waals surface area (Å²) >= 11 is 0. The smallest absolute Gasteiger partial charge is 0.0920 e. The van der Waals surface area contributed by atoms with Crippen molar-refractivity contribution in [1.82, 2.24) is 9.88 Å². The Morgan fingerprint density at radius 3 is 2.81 bits per heavy atom. The second-order valence-corrected chi connectivity index (χ2v) is 3.96. The molecule has 88 valence electrons. The highest BCUT2D eigenvalue weighted by Crippen LogP contribution is 2.08. The predicted octanol–water partition coefficient (Wildman–Crippen LogP) is 1.62. The largest absolute Gasteiger partial charge is 0.388 e. The van der Waals surface area contributed by atoms with Gasteiger partial charge in [0.25, 0.3) is 0 Å². The third-order valence-corrected chi connectivity index (χ3v) is 2.64. The topological polar surface area (TPSA) is 66.0 Å². The minimum absolute atomic E-state index is 0.243. The van der Waals surface area contributed by atoms with Gasteiger partial charge in [0.15, 0.2) is 0 Å². The van der Waals surface area contributed by atoms with Crippen LogP contribution in [0.3, 0.4) is 0 Å². The van der Waals surface area contributed by atoms with Crippen molar-refractivity contribution in [2.45, 2.75) is 32.9 Å². The summed E-state index contributed by atoms with van der Waals surface area (Å²) < 4.78 is 0. The zero-order valence-corrected chi connectivity index (χ0v) is 9.98. The van der Waals surface area contributed by atoms with Crippen molar-refractivity contribution in [3.8, 4) is 0 Å². The lowest BCUT2D eigenvalue weighted by Gasteiger charge is -2.27. The zero-order valence-electron chi connectivity index (χ0n) is 9.98.